The number of carbonyl (C=O) groups is 1. The van der Waals surface area contributed by atoms with Gasteiger partial charge in [-0.2, -0.15) is 0 Å². The summed E-state index contributed by atoms with van der Waals surface area (Å²) in [6, 6.07) is 7.96. The van der Waals surface area contributed by atoms with Crippen LogP contribution in [0.15, 0.2) is 41.1 Å². The Labute approximate surface area is 207 Å². The number of nitrogens with zero attached hydrogens (tertiary/aromatic N) is 3. The van der Waals surface area contributed by atoms with Crippen molar-refractivity contribution in [3.8, 4) is 11.3 Å². The molecule has 2 bridgehead atoms. The van der Waals surface area contributed by atoms with Crippen LogP contribution in [-0.4, -0.2) is 41.4 Å². The lowest BCUT2D eigenvalue weighted by atomic mass is 9.99. The Kier molecular flexibility index (Phi) is 5.95. The van der Waals surface area contributed by atoms with E-state index in [1.54, 1.807) is 12.3 Å². The van der Waals surface area contributed by atoms with E-state index in [-0.39, 0.29) is 42.0 Å². The van der Waals surface area contributed by atoms with Crippen molar-refractivity contribution in [1.82, 2.24) is 10.1 Å². The highest BCUT2D eigenvalue weighted by atomic mass is 19.1. The molecule has 3 fully saturated rings. The highest BCUT2D eigenvalue weighted by Crippen LogP contribution is 2.45. The van der Waals surface area contributed by atoms with E-state index >= 15 is 0 Å². The monoisotopic (exact) mass is 495 g/mol. The molecule has 0 radical (unpaired) electrons. The van der Waals surface area contributed by atoms with Crippen molar-refractivity contribution >= 4 is 11.8 Å². The number of aromatic nitrogens is 2. The third-order valence-electron chi connectivity index (χ3n) is 7.55. The molecule has 2 atom stereocenters. The van der Waals surface area contributed by atoms with Crippen LogP contribution < -0.4 is 4.90 Å². The second-order valence-electron chi connectivity index (χ2n) is 9.84. The summed E-state index contributed by atoms with van der Waals surface area (Å²) in [6.45, 7) is 0.203. The van der Waals surface area contributed by atoms with Crippen LogP contribution in [0.25, 0.3) is 11.3 Å². The molecule has 1 saturated carbocycles. The SMILES string of the molecule is COC(=O)c1ccc(N2C3CCC2CC(OCc2c(-c4c(F)cccc4F)noc2C2CC2)C3)nc1. The lowest BCUT2D eigenvalue weighted by Gasteiger charge is -2.39. The van der Waals surface area contributed by atoms with Crippen molar-refractivity contribution in [2.75, 3.05) is 12.0 Å². The highest BCUT2D eigenvalue weighted by molar-refractivity contribution is 5.89. The molecule has 1 aliphatic carbocycles. The maximum absolute atomic E-state index is 14.5. The summed E-state index contributed by atoms with van der Waals surface area (Å²) >= 11 is 0. The molecule has 7 nitrogen and oxygen atoms in total. The Hall–Kier alpha value is -3.33. The Balaban J connectivity index is 1.18. The first-order valence-corrected chi connectivity index (χ1v) is 12.4. The molecule has 6 rings (SSSR count). The number of methoxy groups -OCH3 is 1. The van der Waals surface area contributed by atoms with Crippen molar-refractivity contribution in [3.05, 3.63) is 65.1 Å². The van der Waals surface area contributed by atoms with Crippen molar-refractivity contribution in [1.29, 1.82) is 0 Å². The van der Waals surface area contributed by atoms with Crippen LogP contribution in [0.2, 0.25) is 0 Å². The number of anilines is 1. The Bertz CT molecular complexity index is 1240. The zero-order chi connectivity index (χ0) is 24.8. The van der Waals surface area contributed by atoms with Gasteiger partial charge in [-0.15, -0.1) is 0 Å². The molecule has 2 unspecified atom stereocenters. The number of ether oxygens (including phenoxy) is 2. The van der Waals surface area contributed by atoms with Gasteiger partial charge in [-0.1, -0.05) is 11.2 Å². The van der Waals surface area contributed by atoms with Crippen LogP contribution in [0.4, 0.5) is 14.6 Å². The molecule has 9 heteroatoms. The smallest absolute Gasteiger partial charge is 0.339 e. The molecule has 36 heavy (non-hydrogen) atoms. The average Bonchev–Trinajstić information content (AvgIpc) is 3.59. The molecule has 0 spiro atoms. The second-order valence-corrected chi connectivity index (χ2v) is 9.84. The molecule has 188 valence electrons. The number of esters is 1. The van der Waals surface area contributed by atoms with Crippen LogP contribution in [-0.2, 0) is 16.1 Å². The topological polar surface area (TPSA) is 77.7 Å². The summed E-state index contributed by atoms with van der Waals surface area (Å²) in [7, 11) is 1.35. The van der Waals surface area contributed by atoms with Gasteiger partial charge in [-0.05, 0) is 62.8 Å². The molecular formula is C27H27F2N3O4. The normalized spacial score (nSPS) is 23.2. The second kappa shape index (κ2) is 9.28. The van der Waals surface area contributed by atoms with E-state index < -0.39 is 17.6 Å². The van der Waals surface area contributed by atoms with Gasteiger partial charge in [0.1, 0.15) is 28.9 Å². The van der Waals surface area contributed by atoms with Gasteiger partial charge >= 0.3 is 5.97 Å². The third kappa shape index (κ3) is 4.15. The minimum atomic E-state index is -0.663. The lowest BCUT2D eigenvalue weighted by molar-refractivity contribution is 0.0146. The van der Waals surface area contributed by atoms with Crippen LogP contribution in [0.1, 0.15) is 66.1 Å². The predicted molar refractivity (Wildman–Crippen MR) is 127 cm³/mol. The van der Waals surface area contributed by atoms with E-state index in [0.717, 1.165) is 44.3 Å². The van der Waals surface area contributed by atoms with Gasteiger partial charge in [0.2, 0.25) is 0 Å². The first-order chi connectivity index (χ1) is 17.5. The number of piperidine rings is 1. The summed E-state index contributed by atoms with van der Waals surface area (Å²) in [5, 5.41) is 4.07. The van der Waals surface area contributed by atoms with E-state index in [1.165, 1.54) is 25.3 Å². The molecule has 3 aliphatic rings. The molecular weight excluding hydrogens is 468 g/mol. The highest BCUT2D eigenvalue weighted by Gasteiger charge is 2.42. The van der Waals surface area contributed by atoms with E-state index in [1.807, 2.05) is 6.07 Å². The number of halogens is 2. The minimum absolute atomic E-state index is 0.00774. The Morgan fingerprint density at radius 2 is 1.81 bits per heavy atom. The van der Waals surface area contributed by atoms with Gasteiger partial charge in [-0.25, -0.2) is 18.6 Å². The summed E-state index contributed by atoms with van der Waals surface area (Å²) < 4.78 is 45.8. The number of hydrogen-bond acceptors (Lipinski definition) is 7. The van der Waals surface area contributed by atoms with Crippen LogP contribution in [0.3, 0.4) is 0 Å². The number of fused-ring (bicyclic) bond motifs is 2. The number of rotatable bonds is 7. The molecule has 0 N–H and O–H groups in total. The zero-order valence-corrected chi connectivity index (χ0v) is 20.0. The van der Waals surface area contributed by atoms with E-state index in [2.05, 4.69) is 15.0 Å². The van der Waals surface area contributed by atoms with Gasteiger partial charge < -0.3 is 18.9 Å². The first kappa shape index (κ1) is 23.1. The van der Waals surface area contributed by atoms with Crippen LogP contribution >= 0.6 is 0 Å². The molecule has 3 aromatic rings. The summed E-state index contributed by atoms with van der Waals surface area (Å²) in [5.74, 6) is 0.0340. The van der Waals surface area contributed by atoms with E-state index in [0.29, 0.717) is 16.9 Å². The van der Waals surface area contributed by atoms with Gasteiger partial charge in [-0.3, -0.25) is 0 Å². The maximum atomic E-state index is 14.5. The van der Waals surface area contributed by atoms with Crippen molar-refractivity contribution in [2.45, 2.75) is 69.2 Å². The lowest BCUT2D eigenvalue weighted by Crippen LogP contribution is -2.46. The fourth-order valence-electron chi connectivity index (χ4n) is 5.66. The largest absolute Gasteiger partial charge is 0.465 e. The fraction of sp³-hybridized carbons (Fsp3) is 0.444. The molecule has 1 aromatic carbocycles. The summed E-state index contributed by atoms with van der Waals surface area (Å²) in [4.78, 5) is 18.6. The Morgan fingerprint density at radius 1 is 1.08 bits per heavy atom. The van der Waals surface area contributed by atoms with Gasteiger partial charge in [0.25, 0.3) is 0 Å². The van der Waals surface area contributed by atoms with E-state index in [4.69, 9.17) is 14.0 Å². The predicted octanol–water partition coefficient (Wildman–Crippen LogP) is 5.40. The standard InChI is InChI=1S/C27H27F2N3O4/c1-34-27(33)16-7-10-23(30-13-16)32-17-8-9-18(32)12-19(11-17)35-14-20-25(31-36-26(20)15-5-6-15)24-21(28)3-2-4-22(24)29/h2-4,7,10,13,15,17-19H,5-6,8-9,11-12,14H2,1H3. The van der Waals surface area contributed by atoms with Gasteiger partial charge in [0.05, 0.1) is 30.9 Å². The maximum Gasteiger partial charge on any atom is 0.339 e. The molecule has 2 aliphatic heterocycles. The number of hydrogen-bond donors (Lipinski definition) is 0. The fourth-order valence-corrected chi connectivity index (χ4v) is 5.66. The number of carbonyl (C=O) groups excluding carboxylic acids is 1. The minimum Gasteiger partial charge on any atom is -0.465 e. The molecule has 4 heterocycles. The third-order valence-corrected chi connectivity index (χ3v) is 7.55. The van der Waals surface area contributed by atoms with Gasteiger partial charge in [0, 0.05) is 29.8 Å². The molecule has 0 amide bonds. The van der Waals surface area contributed by atoms with Crippen LogP contribution in [0, 0.1) is 11.6 Å². The molecule has 2 aromatic heterocycles. The molecule has 2 saturated heterocycles. The first-order valence-electron chi connectivity index (χ1n) is 12.4. The van der Waals surface area contributed by atoms with Gasteiger partial charge in [0.15, 0.2) is 0 Å². The van der Waals surface area contributed by atoms with Crippen molar-refractivity contribution in [2.24, 2.45) is 0 Å². The number of pyridine rings is 1. The van der Waals surface area contributed by atoms with E-state index in [9.17, 15) is 13.6 Å². The Morgan fingerprint density at radius 3 is 2.42 bits per heavy atom. The van der Waals surface area contributed by atoms with Crippen molar-refractivity contribution in [3.63, 3.8) is 0 Å². The zero-order valence-electron chi connectivity index (χ0n) is 20.0. The summed E-state index contributed by atoms with van der Waals surface area (Å²) in [5.41, 5.74) is 1.11. The van der Waals surface area contributed by atoms with Crippen molar-refractivity contribution < 1.29 is 27.6 Å². The quantitative estimate of drug-likeness (QED) is 0.407. The van der Waals surface area contributed by atoms with Crippen LogP contribution in [0.5, 0.6) is 0 Å². The summed E-state index contributed by atoms with van der Waals surface area (Å²) in [6.07, 6.45) is 7.24. The average molecular weight is 496 g/mol. The number of benzene rings is 1.